The smallest absolute Gasteiger partial charge is 0.340 e. The molecule has 3 aromatic rings. The molecule has 5 rings (SSSR count). The first-order chi connectivity index (χ1) is 14.9. The minimum Gasteiger partial charge on any atom is -0.508 e. The van der Waals surface area contributed by atoms with Gasteiger partial charge in [-0.25, -0.2) is 4.79 Å². The normalized spacial score (nSPS) is 14.2. The Morgan fingerprint density at radius 2 is 1.45 bits per heavy atom. The molecule has 0 fully saturated rings. The number of phenolic OH excluding ortho intramolecular Hbond substituents is 2. The van der Waals surface area contributed by atoms with Crippen molar-refractivity contribution in [1.29, 1.82) is 0 Å². The highest BCUT2D eigenvalue weighted by atomic mass is 16.6. The van der Waals surface area contributed by atoms with E-state index in [1.807, 2.05) is 32.9 Å². The maximum Gasteiger partial charge on any atom is 0.340 e. The summed E-state index contributed by atoms with van der Waals surface area (Å²) in [6.07, 6.45) is 0. The van der Waals surface area contributed by atoms with Crippen LogP contribution in [0.2, 0.25) is 0 Å². The van der Waals surface area contributed by atoms with Crippen molar-refractivity contribution in [3.05, 3.63) is 89.1 Å². The van der Waals surface area contributed by atoms with Crippen LogP contribution in [0.3, 0.4) is 0 Å². The summed E-state index contributed by atoms with van der Waals surface area (Å²) < 4.78 is 11.9. The zero-order valence-electron chi connectivity index (χ0n) is 17.5. The van der Waals surface area contributed by atoms with Gasteiger partial charge in [0, 0.05) is 40.2 Å². The number of nitrogens with one attached hydrogen (secondary N) is 1. The molecule has 6 heteroatoms. The van der Waals surface area contributed by atoms with Gasteiger partial charge in [-0.05, 0) is 43.3 Å². The van der Waals surface area contributed by atoms with E-state index in [1.165, 1.54) is 24.3 Å². The van der Waals surface area contributed by atoms with Crippen LogP contribution in [0.1, 0.15) is 47.8 Å². The molecule has 0 bridgehead atoms. The van der Waals surface area contributed by atoms with E-state index in [4.69, 9.17) is 9.47 Å². The molecule has 0 radical (unpaired) electrons. The largest absolute Gasteiger partial charge is 0.508 e. The van der Waals surface area contributed by atoms with Crippen molar-refractivity contribution in [3.63, 3.8) is 0 Å². The maximum absolute atomic E-state index is 12.9. The zero-order valence-corrected chi connectivity index (χ0v) is 17.5. The number of anilines is 1. The number of phenols is 2. The van der Waals surface area contributed by atoms with E-state index in [9.17, 15) is 15.0 Å². The van der Waals surface area contributed by atoms with Gasteiger partial charge in [-0.1, -0.05) is 26.5 Å². The highest BCUT2D eigenvalue weighted by Crippen LogP contribution is 2.57. The van der Waals surface area contributed by atoms with Gasteiger partial charge in [0.25, 0.3) is 0 Å². The Labute approximate surface area is 180 Å². The van der Waals surface area contributed by atoms with Gasteiger partial charge in [0.1, 0.15) is 23.0 Å². The van der Waals surface area contributed by atoms with Crippen molar-refractivity contribution in [3.8, 4) is 23.0 Å². The number of benzene rings is 3. The van der Waals surface area contributed by atoms with Gasteiger partial charge in [0.15, 0.2) is 5.60 Å². The Bertz CT molecular complexity index is 1160. The molecule has 0 unspecified atom stereocenters. The van der Waals surface area contributed by atoms with E-state index < -0.39 is 11.6 Å². The summed E-state index contributed by atoms with van der Waals surface area (Å²) in [6.45, 7) is 9.66. The molecule has 6 nitrogen and oxygen atoms in total. The first-order valence-corrected chi connectivity index (χ1v) is 10.0. The summed E-state index contributed by atoms with van der Waals surface area (Å²) in [5.41, 5.74) is 2.53. The van der Waals surface area contributed by atoms with Gasteiger partial charge < -0.3 is 25.0 Å². The van der Waals surface area contributed by atoms with Crippen LogP contribution in [-0.4, -0.2) is 16.2 Å². The van der Waals surface area contributed by atoms with Crippen LogP contribution in [0.25, 0.3) is 0 Å². The van der Waals surface area contributed by atoms with E-state index in [0.717, 1.165) is 11.4 Å². The summed E-state index contributed by atoms with van der Waals surface area (Å²) in [7, 11) is 0. The number of hydrogen-bond donors (Lipinski definition) is 3. The Morgan fingerprint density at radius 3 is 2.00 bits per heavy atom. The first-order valence-electron chi connectivity index (χ1n) is 10.0. The molecular weight excluding hydrogens is 394 g/mol. The van der Waals surface area contributed by atoms with Crippen LogP contribution in [-0.2, 0) is 10.3 Å². The van der Waals surface area contributed by atoms with Crippen LogP contribution in [0.15, 0.2) is 66.9 Å². The molecule has 0 saturated carbocycles. The Kier molecular flexibility index (Phi) is 4.85. The second-order valence-electron chi connectivity index (χ2n) is 7.20. The third kappa shape index (κ3) is 3.08. The monoisotopic (exact) mass is 417 g/mol. The lowest BCUT2D eigenvalue weighted by Gasteiger charge is -2.36. The predicted octanol–water partition coefficient (Wildman–Crippen LogP) is 5.64. The number of allylic oxidation sites excluding steroid dienone is 1. The van der Waals surface area contributed by atoms with Crippen LogP contribution < -0.4 is 10.1 Å². The molecule has 0 aliphatic carbocycles. The van der Waals surface area contributed by atoms with Crippen molar-refractivity contribution in [2.45, 2.75) is 26.4 Å². The maximum atomic E-state index is 12.9. The van der Waals surface area contributed by atoms with Crippen LogP contribution in [0, 0.1) is 0 Å². The number of aromatic hydroxyl groups is 2. The summed E-state index contributed by atoms with van der Waals surface area (Å²) in [4.78, 5) is 12.9. The number of carbonyl (C=O) groups is 1. The average molecular weight is 417 g/mol. The summed E-state index contributed by atoms with van der Waals surface area (Å²) in [5, 5.41) is 23.0. The third-order valence-electron chi connectivity index (χ3n) is 5.13. The molecule has 3 N–H and O–H groups in total. The molecule has 31 heavy (non-hydrogen) atoms. The fraction of sp³-hybridized carbons (Fsp3) is 0.160. The van der Waals surface area contributed by atoms with E-state index in [-0.39, 0.29) is 11.5 Å². The summed E-state index contributed by atoms with van der Waals surface area (Å²) in [5.74, 6) is 0.284. The predicted molar refractivity (Wildman–Crippen MR) is 118 cm³/mol. The van der Waals surface area contributed by atoms with E-state index in [1.54, 1.807) is 18.2 Å². The molecule has 0 saturated heterocycles. The molecular formula is C25H23NO5. The quantitative estimate of drug-likeness (QED) is 0.468. The molecule has 1 spiro atoms. The van der Waals surface area contributed by atoms with Gasteiger partial charge in [-0.3, -0.25) is 0 Å². The minimum atomic E-state index is -1.24. The molecule has 2 heterocycles. The van der Waals surface area contributed by atoms with E-state index >= 15 is 0 Å². The van der Waals surface area contributed by atoms with Crippen LogP contribution >= 0.6 is 0 Å². The van der Waals surface area contributed by atoms with Crippen molar-refractivity contribution in [2.75, 3.05) is 5.32 Å². The third-order valence-corrected chi connectivity index (χ3v) is 5.13. The summed E-state index contributed by atoms with van der Waals surface area (Å²) in [6, 6.07) is 14.8. The molecule has 2 aliphatic rings. The fourth-order valence-electron chi connectivity index (χ4n) is 4.03. The van der Waals surface area contributed by atoms with E-state index in [0.29, 0.717) is 33.8 Å². The highest BCUT2D eigenvalue weighted by Gasteiger charge is 2.53. The van der Waals surface area contributed by atoms with Crippen molar-refractivity contribution < 1.29 is 24.5 Å². The van der Waals surface area contributed by atoms with Crippen LogP contribution in [0.5, 0.6) is 23.0 Å². The second-order valence-corrected chi connectivity index (χ2v) is 7.20. The van der Waals surface area contributed by atoms with Crippen molar-refractivity contribution in [1.82, 2.24) is 0 Å². The number of esters is 1. The number of rotatable bonds is 2. The number of ether oxygens (including phenoxy) is 2. The minimum absolute atomic E-state index is 0.0213. The van der Waals surface area contributed by atoms with Crippen molar-refractivity contribution >= 4 is 11.7 Å². The lowest BCUT2D eigenvalue weighted by molar-refractivity contribution is 0.0224. The van der Waals surface area contributed by atoms with Gasteiger partial charge in [0.2, 0.25) is 0 Å². The molecule has 0 atom stereocenters. The Balaban J connectivity index is 0.00000112. The molecule has 2 aliphatic heterocycles. The first kappa shape index (κ1) is 20.3. The van der Waals surface area contributed by atoms with Crippen LogP contribution in [0.4, 0.5) is 5.69 Å². The standard InChI is InChI=1S/C23H17NO5.C2H6/c1-12(2)24-13-3-6-17-16(9-13)22(27)29-23(17)18-7-4-14(25)10-20(18)28-21-11-15(26)5-8-19(21)23;1-2/h3-11,24-26H,1H2,2H3;1-2H3. The van der Waals surface area contributed by atoms with Gasteiger partial charge >= 0.3 is 5.97 Å². The zero-order chi connectivity index (χ0) is 22.3. The van der Waals surface area contributed by atoms with Gasteiger partial charge in [-0.15, -0.1) is 0 Å². The number of carbonyl (C=O) groups excluding carboxylic acids is 1. The fourth-order valence-corrected chi connectivity index (χ4v) is 4.03. The average Bonchev–Trinajstić information content (AvgIpc) is 3.01. The van der Waals surface area contributed by atoms with Gasteiger partial charge in [0.05, 0.1) is 5.56 Å². The summed E-state index contributed by atoms with van der Waals surface area (Å²) >= 11 is 0. The number of hydrogen-bond acceptors (Lipinski definition) is 6. The lowest BCUT2D eigenvalue weighted by Crippen LogP contribution is -2.32. The highest BCUT2D eigenvalue weighted by molar-refractivity contribution is 5.98. The molecule has 0 aromatic heterocycles. The second kappa shape index (κ2) is 7.40. The molecule has 3 aromatic carbocycles. The van der Waals surface area contributed by atoms with E-state index in [2.05, 4.69) is 11.9 Å². The lowest BCUT2D eigenvalue weighted by atomic mass is 9.77. The SMILES string of the molecule is C=C(C)Nc1ccc2c(c1)C(=O)OC21c2ccc(O)cc2Oc2cc(O)ccc21.CC. The topological polar surface area (TPSA) is 88.0 Å². The van der Waals surface area contributed by atoms with Crippen molar-refractivity contribution in [2.24, 2.45) is 0 Å². The number of fused-ring (bicyclic) bond motifs is 6. The van der Waals surface area contributed by atoms with Gasteiger partial charge in [-0.2, -0.15) is 0 Å². The molecule has 158 valence electrons. The Morgan fingerprint density at radius 1 is 0.903 bits per heavy atom. The Hall–Kier alpha value is -3.93. The molecule has 0 amide bonds.